The molecule has 1 aliphatic heterocycles. The Morgan fingerprint density at radius 2 is 2.21 bits per heavy atom. The molecule has 1 unspecified atom stereocenters. The van der Waals surface area contributed by atoms with Crippen LogP contribution in [-0.2, 0) is 0 Å². The van der Waals surface area contributed by atoms with E-state index in [1.165, 1.54) is 0 Å². The fourth-order valence-electron chi connectivity index (χ4n) is 2.05. The van der Waals surface area contributed by atoms with Gasteiger partial charge >= 0.3 is 0 Å². The molecule has 0 aromatic carbocycles. The number of halogens is 2. The number of hydrogen-bond donors (Lipinski definition) is 1. The predicted octanol–water partition coefficient (Wildman–Crippen LogP) is 1.84. The monoisotopic (exact) mass is 206 g/mol. The molecule has 0 bridgehead atoms. The maximum absolute atomic E-state index is 12.6. The minimum atomic E-state index is -2.53. The van der Waals surface area contributed by atoms with E-state index in [4.69, 9.17) is 5.73 Å². The van der Waals surface area contributed by atoms with Crippen LogP contribution in [0.3, 0.4) is 0 Å². The molecule has 2 nitrogen and oxygen atoms in total. The Hall–Kier alpha value is -0.220. The van der Waals surface area contributed by atoms with Crippen molar-refractivity contribution in [3.63, 3.8) is 0 Å². The molecular formula is C10H20F2N2. The Morgan fingerprint density at radius 1 is 1.50 bits per heavy atom. The molecule has 0 spiro atoms. The molecule has 84 valence electrons. The predicted molar refractivity (Wildman–Crippen MR) is 53.5 cm³/mol. The van der Waals surface area contributed by atoms with Crippen molar-refractivity contribution >= 4 is 0 Å². The molecule has 0 amide bonds. The molecule has 1 aliphatic rings. The van der Waals surface area contributed by atoms with Crippen LogP contribution in [0, 0.1) is 0 Å². The van der Waals surface area contributed by atoms with Gasteiger partial charge in [0, 0.05) is 19.0 Å². The summed E-state index contributed by atoms with van der Waals surface area (Å²) in [6.07, 6.45) is 3.15. The van der Waals surface area contributed by atoms with E-state index < -0.39 is 5.92 Å². The van der Waals surface area contributed by atoms with Crippen LogP contribution >= 0.6 is 0 Å². The van der Waals surface area contributed by atoms with E-state index in [0.29, 0.717) is 19.1 Å². The van der Waals surface area contributed by atoms with Crippen LogP contribution in [-0.4, -0.2) is 36.5 Å². The van der Waals surface area contributed by atoms with Crippen molar-refractivity contribution in [1.82, 2.24) is 4.90 Å². The van der Waals surface area contributed by atoms with Gasteiger partial charge in [-0.3, -0.25) is 0 Å². The summed E-state index contributed by atoms with van der Waals surface area (Å²) < 4.78 is 25.3. The highest BCUT2D eigenvalue weighted by Crippen LogP contribution is 2.23. The van der Waals surface area contributed by atoms with E-state index in [1.54, 1.807) is 0 Å². The van der Waals surface area contributed by atoms with E-state index >= 15 is 0 Å². The quantitative estimate of drug-likeness (QED) is 0.743. The zero-order valence-corrected chi connectivity index (χ0v) is 8.81. The summed E-state index contributed by atoms with van der Waals surface area (Å²) in [5, 5.41) is 0. The molecule has 0 aliphatic carbocycles. The Bertz CT molecular complexity index is 168. The molecule has 0 aromatic rings. The second-order valence-corrected chi connectivity index (χ2v) is 4.23. The van der Waals surface area contributed by atoms with Crippen molar-refractivity contribution in [3.05, 3.63) is 0 Å². The number of rotatable bonds is 5. The molecule has 1 fully saturated rings. The Morgan fingerprint density at radius 3 is 2.79 bits per heavy atom. The second kappa shape index (κ2) is 5.03. The highest BCUT2D eigenvalue weighted by molar-refractivity contribution is 4.80. The lowest BCUT2D eigenvalue weighted by atomic mass is 10.1. The molecule has 2 N–H and O–H groups in total. The van der Waals surface area contributed by atoms with Gasteiger partial charge < -0.3 is 10.6 Å². The third kappa shape index (κ3) is 3.88. The third-order valence-electron chi connectivity index (χ3n) is 2.84. The summed E-state index contributed by atoms with van der Waals surface area (Å²) in [6.45, 7) is 3.11. The molecule has 1 heterocycles. The summed E-state index contributed by atoms with van der Waals surface area (Å²) in [6, 6.07) is 0.447. The first kappa shape index (κ1) is 11.9. The van der Waals surface area contributed by atoms with Crippen molar-refractivity contribution < 1.29 is 8.78 Å². The summed E-state index contributed by atoms with van der Waals surface area (Å²) in [4.78, 5) is 2.16. The summed E-state index contributed by atoms with van der Waals surface area (Å²) in [7, 11) is 0. The fraction of sp³-hybridized carbons (Fsp3) is 1.00. The van der Waals surface area contributed by atoms with Crippen LogP contribution in [0.5, 0.6) is 0 Å². The normalized spacial score (nSPS) is 24.4. The minimum absolute atomic E-state index is 0.0337. The average molecular weight is 206 g/mol. The van der Waals surface area contributed by atoms with Gasteiger partial charge in [-0.05, 0) is 39.3 Å². The van der Waals surface area contributed by atoms with Crippen LogP contribution in [0.1, 0.15) is 32.6 Å². The minimum Gasteiger partial charge on any atom is -0.330 e. The van der Waals surface area contributed by atoms with Crippen LogP contribution < -0.4 is 5.73 Å². The first-order valence-corrected chi connectivity index (χ1v) is 5.35. The van der Waals surface area contributed by atoms with Gasteiger partial charge in [-0.1, -0.05) is 0 Å². The second-order valence-electron chi connectivity index (χ2n) is 4.23. The summed E-state index contributed by atoms with van der Waals surface area (Å²) >= 11 is 0. The number of alkyl halides is 2. The van der Waals surface area contributed by atoms with Gasteiger partial charge in [-0.2, -0.15) is 0 Å². The van der Waals surface area contributed by atoms with Gasteiger partial charge in [0.15, 0.2) is 0 Å². The molecule has 0 radical (unpaired) electrons. The van der Waals surface area contributed by atoms with E-state index in [0.717, 1.165) is 32.7 Å². The van der Waals surface area contributed by atoms with Gasteiger partial charge in [0.05, 0.1) is 0 Å². The molecule has 1 rings (SSSR count). The number of nitrogens with two attached hydrogens (primary N) is 1. The van der Waals surface area contributed by atoms with Crippen LogP contribution in [0.2, 0.25) is 0 Å². The van der Waals surface area contributed by atoms with Crippen molar-refractivity contribution in [2.24, 2.45) is 5.73 Å². The largest absolute Gasteiger partial charge is 0.330 e. The van der Waals surface area contributed by atoms with Crippen molar-refractivity contribution in [2.75, 3.05) is 19.6 Å². The number of likely N-dealkylation sites (tertiary alicyclic amines) is 1. The lowest BCUT2D eigenvalue weighted by Gasteiger charge is -2.25. The van der Waals surface area contributed by atoms with E-state index in [1.807, 2.05) is 0 Å². The Labute approximate surface area is 84.4 Å². The molecule has 0 saturated carbocycles. The lowest BCUT2D eigenvalue weighted by Crippen LogP contribution is -2.34. The van der Waals surface area contributed by atoms with E-state index in [9.17, 15) is 8.78 Å². The molecule has 4 heteroatoms. The van der Waals surface area contributed by atoms with Crippen molar-refractivity contribution in [3.8, 4) is 0 Å². The first-order valence-electron chi connectivity index (χ1n) is 5.35. The molecule has 14 heavy (non-hydrogen) atoms. The van der Waals surface area contributed by atoms with E-state index in [2.05, 4.69) is 4.90 Å². The Kier molecular flexibility index (Phi) is 4.26. The van der Waals surface area contributed by atoms with Crippen molar-refractivity contribution in [2.45, 2.75) is 44.6 Å². The number of nitrogens with zero attached hydrogens (tertiary/aromatic N) is 1. The smallest absolute Gasteiger partial charge is 0.246 e. The molecule has 1 saturated heterocycles. The summed E-state index contributed by atoms with van der Waals surface area (Å²) in [5.74, 6) is -2.53. The SMILES string of the molecule is CC(F)(F)CCN1CCCC1CCN. The number of hydrogen-bond acceptors (Lipinski definition) is 2. The van der Waals surface area contributed by atoms with Gasteiger partial charge in [-0.25, -0.2) is 8.78 Å². The fourth-order valence-corrected chi connectivity index (χ4v) is 2.05. The molecular weight excluding hydrogens is 186 g/mol. The highest BCUT2D eigenvalue weighted by Gasteiger charge is 2.27. The van der Waals surface area contributed by atoms with Crippen LogP contribution in [0.15, 0.2) is 0 Å². The highest BCUT2D eigenvalue weighted by atomic mass is 19.3. The maximum atomic E-state index is 12.6. The van der Waals surface area contributed by atoms with Crippen molar-refractivity contribution in [1.29, 1.82) is 0 Å². The third-order valence-corrected chi connectivity index (χ3v) is 2.84. The lowest BCUT2D eigenvalue weighted by molar-refractivity contribution is 0.00196. The Balaban J connectivity index is 2.29. The summed E-state index contributed by atoms with van der Waals surface area (Å²) in [5.41, 5.74) is 5.48. The molecule has 1 atom stereocenters. The maximum Gasteiger partial charge on any atom is 0.246 e. The zero-order chi connectivity index (χ0) is 10.6. The standard InChI is InChI=1S/C10H20F2N2/c1-10(11,12)5-8-14-7-2-3-9(14)4-6-13/h9H,2-8,13H2,1H3. The van der Waals surface area contributed by atoms with Gasteiger partial charge in [-0.15, -0.1) is 0 Å². The van der Waals surface area contributed by atoms with Crippen LogP contribution in [0.25, 0.3) is 0 Å². The first-order chi connectivity index (χ1) is 6.53. The van der Waals surface area contributed by atoms with Gasteiger partial charge in [0.1, 0.15) is 0 Å². The zero-order valence-electron chi connectivity index (χ0n) is 8.81. The van der Waals surface area contributed by atoms with E-state index in [-0.39, 0.29) is 6.42 Å². The molecule has 0 aromatic heterocycles. The average Bonchev–Trinajstić information content (AvgIpc) is 2.48. The topological polar surface area (TPSA) is 29.3 Å². The van der Waals surface area contributed by atoms with Gasteiger partial charge in [0.25, 0.3) is 0 Å². The van der Waals surface area contributed by atoms with Crippen LogP contribution in [0.4, 0.5) is 8.78 Å². The van der Waals surface area contributed by atoms with Gasteiger partial charge in [0.2, 0.25) is 5.92 Å².